The molecular weight excluding hydrogens is 326 g/mol. The van der Waals surface area contributed by atoms with Crippen molar-refractivity contribution in [3.05, 3.63) is 0 Å². The van der Waals surface area contributed by atoms with Crippen LogP contribution in [0.25, 0.3) is 0 Å². The average molecular weight is 358 g/mol. The van der Waals surface area contributed by atoms with Gasteiger partial charge in [0.1, 0.15) is 0 Å². The molecular formula is C18H32ClN3O2. The Kier molecular flexibility index (Phi) is 6.93. The highest BCUT2D eigenvalue weighted by atomic mass is 35.5. The van der Waals surface area contributed by atoms with Crippen LogP contribution in [0.1, 0.15) is 64.2 Å². The summed E-state index contributed by atoms with van der Waals surface area (Å²) in [4.78, 5) is 26.5. The van der Waals surface area contributed by atoms with Crippen molar-refractivity contribution in [1.82, 2.24) is 10.2 Å². The minimum Gasteiger partial charge on any atom is -0.353 e. The molecule has 0 aromatic rings. The summed E-state index contributed by atoms with van der Waals surface area (Å²) in [5, 5.41) is 3.14. The van der Waals surface area contributed by atoms with Crippen LogP contribution in [0, 0.1) is 11.3 Å². The van der Waals surface area contributed by atoms with Crippen molar-refractivity contribution in [1.29, 1.82) is 0 Å². The van der Waals surface area contributed by atoms with Crippen LogP contribution in [0.15, 0.2) is 0 Å². The standard InChI is InChI=1S/C18H31N3O2.ClH/c19-13-18(8-2-1-3-9-18)12-16(22)21-10-6-15(7-11-21)20-17(23)14-4-5-14;/h14-15H,1-13,19H2,(H,20,23);1H. The smallest absolute Gasteiger partial charge is 0.223 e. The molecule has 138 valence electrons. The van der Waals surface area contributed by atoms with Crippen molar-refractivity contribution in [2.45, 2.75) is 70.3 Å². The third-order valence-electron chi connectivity index (χ3n) is 6.02. The Morgan fingerprint density at radius 2 is 1.67 bits per heavy atom. The Labute approximate surface area is 151 Å². The molecule has 2 saturated carbocycles. The second-order valence-corrected chi connectivity index (χ2v) is 7.88. The summed E-state index contributed by atoms with van der Waals surface area (Å²) < 4.78 is 0. The number of amides is 2. The molecule has 0 bridgehead atoms. The van der Waals surface area contributed by atoms with E-state index in [0.29, 0.717) is 13.0 Å². The van der Waals surface area contributed by atoms with Gasteiger partial charge in [0.05, 0.1) is 0 Å². The van der Waals surface area contributed by atoms with E-state index in [1.165, 1.54) is 19.3 Å². The molecule has 0 aromatic heterocycles. The summed E-state index contributed by atoms with van der Waals surface area (Å²) >= 11 is 0. The van der Waals surface area contributed by atoms with Crippen LogP contribution in [0.5, 0.6) is 0 Å². The lowest BCUT2D eigenvalue weighted by molar-refractivity contribution is -0.135. The van der Waals surface area contributed by atoms with Gasteiger partial charge in [0.2, 0.25) is 11.8 Å². The molecule has 1 heterocycles. The summed E-state index contributed by atoms with van der Waals surface area (Å²) in [6, 6.07) is 0.255. The highest BCUT2D eigenvalue weighted by Gasteiger charge is 2.36. The number of rotatable bonds is 5. The van der Waals surface area contributed by atoms with Crippen LogP contribution in [-0.2, 0) is 9.59 Å². The third kappa shape index (κ3) is 4.85. The molecule has 24 heavy (non-hydrogen) atoms. The van der Waals surface area contributed by atoms with Crippen LogP contribution < -0.4 is 11.1 Å². The molecule has 1 aliphatic heterocycles. The second kappa shape index (κ2) is 8.52. The van der Waals surface area contributed by atoms with Crippen LogP contribution in [0.2, 0.25) is 0 Å². The summed E-state index contributed by atoms with van der Waals surface area (Å²) in [6.07, 6.45) is 10.4. The lowest BCUT2D eigenvalue weighted by atomic mass is 9.71. The second-order valence-electron chi connectivity index (χ2n) is 7.88. The van der Waals surface area contributed by atoms with Crippen LogP contribution in [0.3, 0.4) is 0 Å². The quantitative estimate of drug-likeness (QED) is 0.792. The molecule has 2 amide bonds. The van der Waals surface area contributed by atoms with Crippen LogP contribution >= 0.6 is 12.4 Å². The van der Waals surface area contributed by atoms with E-state index in [-0.39, 0.29) is 41.6 Å². The van der Waals surface area contributed by atoms with Gasteiger partial charge in [-0.25, -0.2) is 0 Å². The van der Waals surface area contributed by atoms with Crippen molar-refractivity contribution in [2.24, 2.45) is 17.1 Å². The van der Waals surface area contributed by atoms with Gasteiger partial charge in [-0.2, -0.15) is 0 Å². The van der Waals surface area contributed by atoms with E-state index in [4.69, 9.17) is 5.73 Å². The van der Waals surface area contributed by atoms with Gasteiger partial charge in [-0.15, -0.1) is 12.4 Å². The van der Waals surface area contributed by atoms with E-state index in [9.17, 15) is 9.59 Å². The number of hydrogen-bond donors (Lipinski definition) is 2. The number of halogens is 1. The molecule has 3 fully saturated rings. The monoisotopic (exact) mass is 357 g/mol. The number of piperidine rings is 1. The maximum Gasteiger partial charge on any atom is 0.223 e. The van der Waals surface area contributed by atoms with Gasteiger partial charge in [-0.05, 0) is 50.5 Å². The molecule has 0 spiro atoms. The molecule has 2 aliphatic carbocycles. The number of nitrogens with zero attached hydrogens (tertiary/aromatic N) is 1. The van der Waals surface area contributed by atoms with E-state index < -0.39 is 0 Å². The van der Waals surface area contributed by atoms with Crippen molar-refractivity contribution in [3.63, 3.8) is 0 Å². The molecule has 3 aliphatic rings. The molecule has 0 atom stereocenters. The average Bonchev–Trinajstić information content (AvgIpc) is 3.41. The van der Waals surface area contributed by atoms with Gasteiger partial charge in [0, 0.05) is 31.5 Å². The first-order chi connectivity index (χ1) is 11.1. The maximum atomic E-state index is 12.7. The van der Waals surface area contributed by atoms with E-state index in [1.807, 2.05) is 4.90 Å². The highest BCUT2D eigenvalue weighted by Crippen LogP contribution is 2.39. The normalized spacial score (nSPS) is 24.1. The fourth-order valence-electron chi connectivity index (χ4n) is 4.13. The molecule has 0 unspecified atom stereocenters. The Hall–Kier alpha value is -0.810. The van der Waals surface area contributed by atoms with Crippen LogP contribution in [-0.4, -0.2) is 42.4 Å². The van der Waals surface area contributed by atoms with E-state index >= 15 is 0 Å². The first kappa shape index (κ1) is 19.5. The first-order valence-corrected chi connectivity index (χ1v) is 9.40. The third-order valence-corrected chi connectivity index (χ3v) is 6.02. The van der Waals surface area contributed by atoms with Crippen molar-refractivity contribution in [3.8, 4) is 0 Å². The predicted octanol–water partition coefficient (Wildman–Crippen LogP) is 2.22. The maximum absolute atomic E-state index is 12.7. The fourth-order valence-corrected chi connectivity index (χ4v) is 4.13. The molecule has 6 heteroatoms. The zero-order chi connectivity index (χ0) is 16.3. The van der Waals surface area contributed by atoms with E-state index in [2.05, 4.69) is 5.32 Å². The molecule has 5 nitrogen and oxygen atoms in total. The zero-order valence-electron chi connectivity index (χ0n) is 14.6. The van der Waals surface area contributed by atoms with E-state index in [0.717, 1.165) is 51.6 Å². The number of hydrogen-bond acceptors (Lipinski definition) is 3. The van der Waals surface area contributed by atoms with Crippen LogP contribution in [0.4, 0.5) is 0 Å². The van der Waals surface area contributed by atoms with Crippen molar-refractivity contribution in [2.75, 3.05) is 19.6 Å². The molecule has 3 N–H and O–H groups in total. The number of carbonyl (C=O) groups is 2. The lowest BCUT2D eigenvalue weighted by Crippen LogP contribution is -2.48. The molecule has 3 rings (SSSR count). The fraction of sp³-hybridized carbons (Fsp3) is 0.889. The van der Waals surface area contributed by atoms with Gasteiger partial charge in [-0.1, -0.05) is 19.3 Å². The molecule has 0 radical (unpaired) electrons. The number of likely N-dealkylation sites (tertiary alicyclic amines) is 1. The lowest BCUT2D eigenvalue weighted by Gasteiger charge is -2.39. The van der Waals surface area contributed by atoms with Gasteiger partial charge in [-0.3, -0.25) is 9.59 Å². The Morgan fingerprint density at radius 1 is 1.04 bits per heavy atom. The van der Waals surface area contributed by atoms with E-state index in [1.54, 1.807) is 0 Å². The minimum absolute atomic E-state index is 0. The SMILES string of the molecule is Cl.NCC1(CC(=O)N2CCC(NC(=O)C3CC3)CC2)CCCCC1. The summed E-state index contributed by atoms with van der Waals surface area (Å²) in [7, 11) is 0. The Bertz CT molecular complexity index is 440. The Balaban J connectivity index is 0.00000208. The summed E-state index contributed by atoms with van der Waals surface area (Å²) in [6.45, 7) is 2.18. The van der Waals surface area contributed by atoms with Gasteiger partial charge in [0.15, 0.2) is 0 Å². The summed E-state index contributed by atoms with van der Waals surface area (Å²) in [5.74, 6) is 0.758. The van der Waals surface area contributed by atoms with Gasteiger partial charge in [0.25, 0.3) is 0 Å². The van der Waals surface area contributed by atoms with Crippen molar-refractivity contribution >= 4 is 24.2 Å². The zero-order valence-corrected chi connectivity index (χ0v) is 15.4. The first-order valence-electron chi connectivity index (χ1n) is 9.40. The number of nitrogens with two attached hydrogens (primary N) is 1. The van der Waals surface area contributed by atoms with Gasteiger partial charge >= 0.3 is 0 Å². The predicted molar refractivity (Wildman–Crippen MR) is 96.9 cm³/mol. The topological polar surface area (TPSA) is 75.4 Å². The molecule has 1 saturated heterocycles. The Morgan fingerprint density at radius 3 is 2.21 bits per heavy atom. The number of nitrogens with one attached hydrogen (secondary N) is 1. The van der Waals surface area contributed by atoms with Gasteiger partial charge < -0.3 is 16.0 Å². The number of carbonyl (C=O) groups excluding carboxylic acids is 2. The largest absolute Gasteiger partial charge is 0.353 e. The summed E-state index contributed by atoms with van der Waals surface area (Å²) in [5.41, 5.74) is 6.06. The van der Waals surface area contributed by atoms with Crippen molar-refractivity contribution < 1.29 is 9.59 Å². The molecule has 0 aromatic carbocycles. The highest BCUT2D eigenvalue weighted by molar-refractivity contribution is 5.85. The minimum atomic E-state index is 0.